The lowest BCUT2D eigenvalue weighted by Gasteiger charge is -2.34. The second kappa shape index (κ2) is 9.96. The van der Waals surface area contributed by atoms with Gasteiger partial charge in [-0.1, -0.05) is 13.0 Å². The third-order valence-electron chi connectivity index (χ3n) is 4.75. The van der Waals surface area contributed by atoms with E-state index in [1.165, 1.54) is 5.69 Å². The van der Waals surface area contributed by atoms with Gasteiger partial charge in [-0.05, 0) is 24.8 Å². The van der Waals surface area contributed by atoms with Crippen molar-refractivity contribution in [3.63, 3.8) is 0 Å². The summed E-state index contributed by atoms with van der Waals surface area (Å²) in [7, 11) is 3.75. The van der Waals surface area contributed by atoms with Crippen LogP contribution in [0.4, 0.5) is 5.69 Å². The van der Waals surface area contributed by atoms with Crippen LogP contribution in [0.15, 0.2) is 35.7 Å². The van der Waals surface area contributed by atoms with Crippen molar-refractivity contribution >= 4 is 11.6 Å². The number of hydrogen-bond acceptors (Lipinski definition) is 5. The first-order chi connectivity index (χ1) is 13.7. The molecule has 28 heavy (non-hydrogen) atoms. The molecular formula is C20H31N7O. The number of rotatable bonds is 7. The molecule has 3 rings (SSSR count). The summed E-state index contributed by atoms with van der Waals surface area (Å²) in [4.78, 5) is 11.1. The maximum Gasteiger partial charge on any atom is 0.213 e. The summed E-state index contributed by atoms with van der Waals surface area (Å²) in [6, 6.07) is 4.29. The first-order valence-electron chi connectivity index (χ1n) is 9.96. The number of piperidine rings is 1. The zero-order valence-corrected chi connectivity index (χ0v) is 17.1. The summed E-state index contributed by atoms with van der Waals surface area (Å²) in [5, 5.41) is 11.2. The van der Waals surface area contributed by atoms with Gasteiger partial charge in [0.2, 0.25) is 5.88 Å². The molecule has 2 N–H and O–H groups in total. The van der Waals surface area contributed by atoms with Crippen LogP contribution in [0.3, 0.4) is 0 Å². The fourth-order valence-corrected chi connectivity index (χ4v) is 3.28. The number of guanidine groups is 1. The molecule has 8 nitrogen and oxygen atoms in total. The zero-order chi connectivity index (χ0) is 19.8. The van der Waals surface area contributed by atoms with Crippen molar-refractivity contribution < 1.29 is 4.74 Å². The highest BCUT2D eigenvalue weighted by atomic mass is 16.5. The van der Waals surface area contributed by atoms with Gasteiger partial charge in [0, 0.05) is 58.2 Å². The van der Waals surface area contributed by atoms with Crippen LogP contribution in [-0.4, -0.2) is 53.5 Å². The second-order valence-electron chi connectivity index (χ2n) is 7.08. The van der Waals surface area contributed by atoms with Gasteiger partial charge in [0.15, 0.2) is 5.96 Å². The highest BCUT2D eigenvalue weighted by Gasteiger charge is 2.21. The van der Waals surface area contributed by atoms with E-state index in [1.807, 2.05) is 36.3 Å². The number of anilines is 1. The molecule has 1 aliphatic rings. The molecule has 1 fully saturated rings. The van der Waals surface area contributed by atoms with E-state index >= 15 is 0 Å². The molecule has 1 atom stereocenters. The summed E-state index contributed by atoms with van der Waals surface area (Å²) in [5.74, 6) is 1.48. The Morgan fingerprint density at radius 2 is 2.25 bits per heavy atom. The van der Waals surface area contributed by atoms with E-state index in [0.717, 1.165) is 43.9 Å². The SMILES string of the molecule is CCCOc1ccc(CNC(=NC)NC2CCCN(c3cnn(C)c3)C2)cn1. The molecular weight excluding hydrogens is 354 g/mol. The van der Waals surface area contributed by atoms with Crippen molar-refractivity contribution in [1.29, 1.82) is 0 Å². The van der Waals surface area contributed by atoms with E-state index in [-0.39, 0.29) is 0 Å². The summed E-state index contributed by atoms with van der Waals surface area (Å²) in [5.41, 5.74) is 2.26. The fraction of sp³-hybridized carbons (Fsp3) is 0.550. The van der Waals surface area contributed by atoms with Crippen LogP contribution >= 0.6 is 0 Å². The fourth-order valence-electron chi connectivity index (χ4n) is 3.28. The molecule has 0 saturated carbocycles. The van der Waals surface area contributed by atoms with Gasteiger partial charge in [-0.2, -0.15) is 5.10 Å². The summed E-state index contributed by atoms with van der Waals surface area (Å²) in [6.07, 6.45) is 9.09. The Morgan fingerprint density at radius 1 is 1.36 bits per heavy atom. The minimum absolute atomic E-state index is 0.350. The molecule has 0 amide bonds. The van der Waals surface area contributed by atoms with Crippen LogP contribution in [0.2, 0.25) is 0 Å². The molecule has 2 aromatic rings. The van der Waals surface area contributed by atoms with Crippen molar-refractivity contribution in [2.75, 3.05) is 31.6 Å². The Labute approximate surface area is 167 Å². The highest BCUT2D eigenvalue weighted by molar-refractivity contribution is 5.80. The molecule has 1 saturated heterocycles. The maximum absolute atomic E-state index is 5.53. The monoisotopic (exact) mass is 385 g/mol. The number of aliphatic imine (C=N–C) groups is 1. The van der Waals surface area contributed by atoms with Crippen molar-refractivity contribution in [3.05, 3.63) is 36.3 Å². The van der Waals surface area contributed by atoms with Gasteiger partial charge < -0.3 is 20.3 Å². The first-order valence-corrected chi connectivity index (χ1v) is 9.96. The van der Waals surface area contributed by atoms with Crippen LogP contribution in [0.1, 0.15) is 31.7 Å². The van der Waals surface area contributed by atoms with Crippen molar-refractivity contribution in [2.45, 2.75) is 38.8 Å². The number of ether oxygens (including phenoxy) is 1. The topological polar surface area (TPSA) is 79.6 Å². The molecule has 152 valence electrons. The van der Waals surface area contributed by atoms with Gasteiger partial charge in [0.25, 0.3) is 0 Å². The van der Waals surface area contributed by atoms with Gasteiger partial charge in [-0.25, -0.2) is 4.98 Å². The molecule has 1 unspecified atom stereocenters. The van der Waals surface area contributed by atoms with Crippen LogP contribution in [0.5, 0.6) is 5.88 Å². The third-order valence-corrected chi connectivity index (χ3v) is 4.75. The third kappa shape index (κ3) is 5.61. The van der Waals surface area contributed by atoms with Crippen LogP contribution in [0.25, 0.3) is 0 Å². The average molecular weight is 386 g/mol. The van der Waals surface area contributed by atoms with Crippen LogP contribution in [-0.2, 0) is 13.6 Å². The van der Waals surface area contributed by atoms with E-state index in [9.17, 15) is 0 Å². The molecule has 0 aliphatic carbocycles. The predicted octanol–water partition coefficient (Wildman–Crippen LogP) is 1.94. The van der Waals surface area contributed by atoms with E-state index in [4.69, 9.17) is 4.74 Å². The van der Waals surface area contributed by atoms with Gasteiger partial charge in [-0.3, -0.25) is 9.67 Å². The molecule has 0 radical (unpaired) electrons. The predicted molar refractivity (Wildman–Crippen MR) is 112 cm³/mol. The first kappa shape index (κ1) is 20.0. The van der Waals surface area contributed by atoms with E-state index < -0.39 is 0 Å². The minimum Gasteiger partial charge on any atom is -0.478 e. The minimum atomic E-state index is 0.350. The molecule has 8 heteroatoms. The van der Waals surface area contributed by atoms with Crippen LogP contribution < -0.4 is 20.3 Å². The number of aromatic nitrogens is 3. The van der Waals surface area contributed by atoms with Crippen molar-refractivity contribution in [3.8, 4) is 5.88 Å². The Morgan fingerprint density at radius 3 is 2.93 bits per heavy atom. The van der Waals surface area contributed by atoms with Crippen LogP contribution in [0, 0.1) is 0 Å². The molecule has 0 bridgehead atoms. The Hall–Kier alpha value is -2.77. The van der Waals surface area contributed by atoms with Gasteiger partial charge in [-0.15, -0.1) is 0 Å². The smallest absolute Gasteiger partial charge is 0.213 e. The summed E-state index contributed by atoms with van der Waals surface area (Å²) < 4.78 is 7.37. The van der Waals surface area contributed by atoms with E-state index in [0.29, 0.717) is 25.1 Å². The summed E-state index contributed by atoms with van der Waals surface area (Å²) >= 11 is 0. The second-order valence-corrected chi connectivity index (χ2v) is 7.08. The van der Waals surface area contributed by atoms with Crippen molar-refractivity contribution in [2.24, 2.45) is 12.0 Å². The molecule has 1 aliphatic heterocycles. The number of nitrogens with zero attached hydrogens (tertiary/aromatic N) is 5. The zero-order valence-electron chi connectivity index (χ0n) is 17.1. The van der Waals surface area contributed by atoms with Gasteiger partial charge >= 0.3 is 0 Å². The normalized spacial score (nSPS) is 17.5. The Bertz CT molecular complexity index is 756. The Kier molecular flexibility index (Phi) is 7.11. The van der Waals surface area contributed by atoms with Gasteiger partial charge in [0.05, 0.1) is 18.5 Å². The molecule has 3 heterocycles. The number of aryl methyl sites for hydroxylation is 1. The Balaban J connectivity index is 1.48. The largest absolute Gasteiger partial charge is 0.478 e. The highest BCUT2D eigenvalue weighted by Crippen LogP contribution is 2.19. The lowest BCUT2D eigenvalue weighted by atomic mass is 10.1. The number of nitrogens with one attached hydrogen (secondary N) is 2. The lowest BCUT2D eigenvalue weighted by Crippen LogP contribution is -2.51. The number of pyridine rings is 1. The molecule has 2 aromatic heterocycles. The standard InChI is InChI=1S/C20H31N7O/c1-4-10-28-19-8-7-16(11-22-19)12-23-20(21-2)25-17-6-5-9-27(14-17)18-13-24-26(3)15-18/h7-8,11,13,15,17H,4-6,9-10,12,14H2,1-3H3,(H2,21,23,25). The maximum atomic E-state index is 5.53. The molecule has 0 aromatic carbocycles. The number of hydrogen-bond donors (Lipinski definition) is 2. The summed E-state index contributed by atoms with van der Waals surface area (Å²) in [6.45, 7) is 5.45. The molecule has 0 spiro atoms. The van der Waals surface area contributed by atoms with E-state index in [2.05, 4.69) is 43.7 Å². The van der Waals surface area contributed by atoms with Crippen molar-refractivity contribution in [1.82, 2.24) is 25.4 Å². The lowest BCUT2D eigenvalue weighted by molar-refractivity contribution is 0.305. The van der Waals surface area contributed by atoms with Gasteiger partial charge in [0.1, 0.15) is 0 Å². The quantitative estimate of drug-likeness (QED) is 0.560. The average Bonchev–Trinajstić information content (AvgIpc) is 3.17. The van der Waals surface area contributed by atoms with E-state index in [1.54, 1.807) is 7.05 Å².